The van der Waals surface area contributed by atoms with Gasteiger partial charge >= 0.3 is 5.97 Å². The zero-order valence-corrected chi connectivity index (χ0v) is 13.1. The van der Waals surface area contributed by atoms with Crippen molar-refractivity contribution in [3.63, 3.8) is 0 Å². The summed E-state index contributed by atoms with van der Waals surface area (Å²) in [6, 6.07) is 6.90. The van der Waals surface area contributed by atoms with E-state index in [1.807, 2.05) is 6.92 Å². The Balaban J connectivity index is 1.67. The fourth-order valence-electron chi connectivity index (χ4n) is 2.47. The van der Waals surface area contributed by atoms with Crippen LogP contribution >= 0.6 is 11.6 Å². The van der Waals surface area contributed by atoms with E-state index in [1.54, 1.807) is 24.3 Å². The van der Waals surface area contributed by atoms with Crippen molar-refractivity contribution in [3.05, 3.63) is 29.3 Å². The van der Waals surface area contributed by atoms with Gasteiger partial charge in [-0.25, -0.2) is 4.79 Å². The molecule has 0 spiro atoms. The number of hydrogen-bond acceptors (Lipinski definition) is 4. The van der Waals surface area contributed by atoms with E-state index in [0.29, 0.717) is 10.8 Å². The number of piperidine rings is 1. The monoisotopic (exact) mass is 311 g/mol. The molecule has 1 fully saturated rings. The number of benzene rings is 1. The Labute approximate surface area is 131 Å². The number of ether oxygens (including phenoxy) is 2. The van der Waals surface area contributed by atoms with E-state index in [4.69, 9.17) is 21.1 Å². The van der Waals surface area contributed by atoms with Crippen molar-refractivity contribution in [1.82, 2.24) is 4.90 Å². The Bertz CT molecular complexity index is 443. The van der Waals surface area contributed by atoms with Gasteiger partial charge in [-0.05, 0) is 57.1 Å². The van der Waals surface area contributed by atoms with Gasteiger partial charge in [-0.1, -0.05) is 18.0 Å². The van der Waals surface area contributed by atoms with Crippen molar-refractivity contribution < 1.29 is 14.3 Å². The van der Waals surface area contributed by atoms with Crippen molar-refractivity contribution >= 4 is 17.6 Å². The molecule has 21 heavy (non-hydrogen) atoms. The second-order valence-electron chi connectivity index (χ2n) is 5.40. The molecule has 1 saturated heterocycles. The van der Waals surface area contributed by atoms with Crippen LogP contribution in [0.25, 0.3) is 0 Å². The first-order chi connectivity index (χ1) is 10.1. The van der Waals surface area contributed by atoms with Gasteiger partial charge in [-0.3, -0.25) is 4.90 Å². The van der Waals surface area contributed by atoms with E-state index in [2.05, 4.69) is 4.90 Å². The molecule has 0 N–H and O–H groups in total. The van der Waals surface area contributed by atoms with Crippen molar-refractivity contribution in [2.24, 2.45) is 0 Å². The van der Waals surface area contributed by atoms with Crippen LogP contribution in [0, 0.1) is 0 Å². The average molecular weight is 312 g/mol. The molecule has 1 heterocycles. The summed E-state index contributed by atoms with van der Waals surface area (Å²) in [5.41, 5.74) is 0. The van der Waals surface area contributed by atoms with E-state index in [0.717, 1.165) is 19.6 Å². The summed E-state index contributed by atoms with van der Waals surface area (Å²) in [6.07, 6.45) is 3.67. The summed E-state index contributed by atoms with van der Waals surface area (Å²) >= 11 is 5.78. The van der Waals surface area contributed by atoms with Crippen LogP contribution in [0.15, 0.2) is 24.3 Å². The van der Waals surface area contributed by atoms with Crippen LogP contribution in [0.1, 0.15) is 26.2 Å². The fraction of sp³-hybridized carbons (Fsp3) is 0.562. The summed E-state index contributed by atoms with van der Waals surface area (Å²) in [4.78, 5) is 14.1. The molecule has 5 heteroatoms. The molecule has 0 aromatic heterocycles. The lowest BCUT2D eigenvalue weighted by molar-refractivity contribution is -0.151. The highest BCUT2D eigenvalue weighted by molar-refractivity contribution is 6.30. The van der Waals surface area contributed by atoms with Crippen LogP contribution in [-0.2, 0) is 9.53 Å². The number of likely N-dealkylation sites (tertiary alicyclic amines) is 1. The standard InChI is InChI=1S/C16H22ClNO3/c1-13(11-18-9-3-2-4-10-18)21-16(19)12-20-15-7-5-14(17)6-8-15/h5-8,13H,2-4,9-12H2,1H3/t13-/m0/s1. The Morgan fingerprint density at radius 3 is 2.57 bits per heavy atom. The number of halogens is 1. The first-order valence-electron chi connectivity index (χ1n) is 7.43. The van der Waals surface area contributed by atoms with Crippen LogP contribution in [0.4, 0.5) is 0 Å². The normalized spacial score (nSPS) is 17.2. The number of carbonyl (C=O) groups is 1. The summed E-state index contributed by atoms with van der Waals surface area (Å²) in [7, 11) is 0. The topological polar surface area (TPSA) is 38.8 Å². The second kappa shape index (κ2) is 8.25. The van der Waals surface area contributed by atoms with Gasteiger partial charge in [0, 0.05) is 11.6 Å². The van der Waals surface area contributed by atoms with Gasteiger partial charge in [0.25, 0.3) is 0 Å². The maximum atomic E-state index is 11.7. The Kier molecular flexibility index (Phi) is 6.33. The third-order valence-electron chi connectivity index (χ3n) is 3.47. The molecule has 116 valence electrons. The zero-order chi connectivity index (χ0) is 15.1. The molecular weight excluding hydrogens is 290 g/mol. The van der Waals surface area contributed by atoms with Crippen molar-refractivity contribution in [2.75, 3.05) is 26.2 Å². The smallest absolute Gasteiger partial charge is 0.344 e. The average Bonchev–Trinajstić information content (AvgIpc) is 2.47. The second-order valence-corrected chi connectivity index (χ2v) is 5.84. The molecule has 1 aliphatic heterocycles. The molecule has 0 amide bonds. The van der Waals surface area contributed by atoms with Gasteiger partial charge in [0.15, 0.2) is 6.61 Å². The molecule has 1 aromatic carbocycles. The van der Waals surface area contributed by atoms with Gasteiger partial charge < -0.3 is 9.47 Å². The minimum Gasteiger partial charge on any atom is -0.482 e. The number of hydrogen-bond donors (Lipinski definition) is 0. The summed E-state index contributed by atoms with van der Waals surface area (Å²) < 4.78 is 10.7. The SMILES string of the molecule is C[C@@H](CN1CCCCC1)OC(=O)COc1ccc(Cl)cc1. The maximum absolute atomic E-state index is 11.7. The van der Waals surface area contributed by atoms with Gasteiger partial charge in [0.1, 0.15) is 11.9 Å². The molecule has 0 saturated carbocycles. The van der Waals surface area contributed by atoms with Crippen LogP contribution in [0.3, 0.4) is 0 Å². The minimum atomic E-state index is -0.338. The Morgan fingerprint density at radius 2 is 1.90 bits per heavy atom. The predicted molar refractivity (Wildman–Crippen MR) is 82.8 cm³/mol. The minimum absolute atomic E-state index is 0.0774. The Hall–Kier alpha value is -1.26. The van der Waals surface area contributed by atoms with E-state index < -0.39 is 0 Å². The molecular formula is C16H22ClNO3. The third kappa shape index (κ3) is 5.94. The molecule has 0 aliphatic carbocycles. The quantitative estimate of drug-likeness (QED) is 0.757. The lowest BCUT2D eigenvalue weighted by Crippen LogP contribution is -2.37. The van der Waals surface area contributed by atoms with E-state index >= 15 is 0 Å². The fourth-order valence-corrected chi connectivity index (χ4v) is 2.60. The maximum Gasteiger partial charge on any atom is 0.344 e. The van der Waals surface area contributed by atoms with Crippen LogP contribution in [-0.4, -0.2) is 43.2 Å². The van der Waals surface area contributed by atoms with Gasteiger partial charge in [0.05, 0.1) is 0 Å². The molecule has 1 atom stereocenters. The zero-order valence-electron chi connectivity index (χ0n) is 12.4. The highest BCUT2D eigenvalue weighted by atomic mass is 35.5. The van der Waals surface area contributed by atoms with Crippen LogP contribution in [0.2, 0.25) is 5.02 Å². The summed E-state index contributed by atoms with van der Waals surface area (Å²) in [6.45, 7) is 4.85. The van der Waals surface area contributed by atoms with Gasteiger partial charge in [-0.2, -0.15) is 0 Å². The molecule has 0 radical (unpaired) electrons. The third-order valence-corrected chi connectivity index (χ3v) is 3.72. The predicted octanol–water partition coefficient (Wildman–Crippen LogP) is 3.14. The van der Waals surface area contributed by atoms with Crippen molar-refractivity contribution in [2.45, 2.75) is 32.3 Å². The molecule has 1 aromatic rings. The first-order valence-corrected chi connectivity index (χ1v) is 7.81. The van der Waals surface area contributed by atoms with E-state index in [-0.39, 0.29) is 18.7 Å². The molecule has 2 rings (SSSR count). The largest absolute Gasteiger partial charge is 0.482 e. The summed E-state index contributed by atoms with van der Waals surface area (Å²) in [5.74, 6) is 0.273. The van der Waals surface area contributed by atoms with Gasteiger partial charge in [-0.15, -0.1) is 0 Å². The lowest BCUT2D eigenvalue weighted by Gasteiger charge is -2.28. The van der Waals surface area contributed by atoms with Crippen LogP contribution < -0.4 is 4.74 Å². The van der Waals surface area contributed by atoms with E-state index in [1.165, 1.54) is 19.3 Å². The molecule has 4 nitrogen and oxygen atoms in total. The Morgan fingerprint density at radius 1 is 1.24 bits per heavy atom. The highest BCUT2D eigenvalue weighted by Gasteiger charge is 2.16. The van der Waals surface area contributed by atoms with E-state index in [9.17, 15) is 4.79 Å². The number of carbonyl (C=O) groups excluding carboxylic acids is 1. The van der Waals surface area contributed by atoms with Crippen LogP contribution in [0.5, 0.6) is 5.75 Å². The summed E-state index contributed by atoms with van der Waals surface area (Å²) in [5, 5.41) is 0.639. The first kappa shape index (κ1) is 16.1. The number of rotatable bonds is 6. The van der Waals surface area contributed by atoms with Gasteiger partial charge in [0.2, 0.25) is 0 Å². The highest BCUT2D eigenvalue weighted by Crippen LogP contribution is 2.15. The molecule has 0 unspecified atom stereocenters. The number of nitrogens with zero attached hydrogens (tertiary/aromatic N) is 1. The lowest BCUT2D eigenvalue weighted by atomic mass is 10.1. The van der Waals surface area contributed by atoms with Crippen molar-refractivity contribution in [3.8, 4) is 5.75 Å². The molecule has 0 bridgehead atoms. The molecule has 1 aliphatic rings. The van der Waals surface area contributed by atoms with Crippen molar-refractivity contribution in [1.29, 1.82) is 0 Å². The number of esters is 1.